The van der Waals surface area contributed by atoms with Gasteiger partial charge in [0.2, 0.25) is 0 Å². The Morgan fingerprint density at radius 1 is 1.50 bits per heavy atom. The van der Waals surface area contributed by atoms with Gasteiger partial charge in [-0.3, -0.25) is 0 Å². The maximum absolute atomic E-state index is 8.74. The van der Waals surface area contributed by atoms with E-state index in [0.29, 0.717) is 5.92 Å². The molecule has 0 spiro atoms. The molecule has 1 atom stereocenters. The van der Waals surface area contributed by atoms with E-state index in [4.69, 9.17) is 5.21 Å². The first-order valence-corrected chi connectivity index (χ1v) is 4.59. The first-order valence-electron chi connectivity index (χ1n) is 4.59. The average Bonchev–Trinajstić information content (AvgIpc) is 2.04. The van der Waals surface area contributed by atoms with Crippen LogP contribution in [0.4, 0.5) is 0 Å². The Morgan fingerprint density at radius 2 is 2.25 bits per heavy atom. The molecule has 3 heteroatoms. The molecule has 1 aliphatic rings. The number of nitrogens with zero attached hydrogens (tertiary/aromatic N) is 2. The third kappa shape index (κ3) is 2.48. The summed E-state index contributed by atoms with van der Waals surface area (Å²) in [6.07, 6.45) is 4.62. The largest absolute Gasteiger partial charge is 0.411 e. The molecule has 1 unspecified atom stereocenters. The lowest BCUT2D eigenvalue weighted by Crippen LogP contribution is -2.30. The Bertz CT molecular complexity index is 166. The van der Waals surface area contributed by atoms with Crippen molar-refractivity contribution in [3.05, 3.63) is 0 Å². The maximum Gasteiger partial charge on any atom is 0.0614 e. The molecule has 0 saturated heterocycles. The van der Waals surface area contributed by atoms with Crippen molar-refractivity contribution in [2.24, 2.45) is 11.1 Å². The zero-order valence-corrected chi connectivity index (χ0v) is 7.95. The third-order valence-electron chi connectivity index (χ3n) is 2.42. The van der Waals surface area contributed by atoms with Gasteiger partial charge in [0.25, 0.3) is 0 Å². The van der Waals surface area contributed by atoms with Gasteiger partial charge in [0, 0.05) is 12.5 Å². The number of oxime groups is 1. The monoisotopic (exact) mass is 170 g/mol. The Labute approximate surface area is 74.1 Å². The van der Waals surface area contributed by atoms with Crippen LogP contribution in [0.25, 0.3) is 0 Å². The van der Waals surface area contributed by atoms with Gasteiger partial charge in [-0.05, 0) is 33.4 Å². The summed E-state index contributed by atoms with van der Waals surface area (Å²) in [6.45, 7) is 1.01. The second kappa shape index (κ2) is 4.45. The molecule has 3 nitrogen and oxygen atoms in total. The summed E-state index contributed by atoms with van der Waals surface area (Å²) in [5.74, 6) is 0.485. The normalized spacial score (nSPS) is 28.2. The van der Waals surface area contributed by atoms with Crippen molar-refractivity contribution in [2.45, 2.75) is 25.7 Å². The molecular formula is C9H18N2O. The predicted molar refractivity (Wildman–Crippen MR) is 49.7 cm³/mol. The van der Waals surface area contributed by atoms with Gasteiger partial charge in [0.05, 0.1) is 5.71 Å². The van der Waals surface area contributed by atoms with Gasteiger partial charge in [-0.15, -0.1) is 0 Å². The smallest absolute Gasteiger partial charge is 0.0614 e. The minimum atomic E-state index is 0.485. The van der Waals surface area contributed by atoms with E-state index < -0.39 is 0 Å². The van der Waals surface area contributed by atoms with Gasteiger partial charge in [0.1, 0.15) is 0 Å². The van der Waals surface area contributed by atoms with Gasteiger partial charge in [-0.25, -0.2) is 0 Å². The van der Waals surface area contributed by atoms with Gasteiger partial charge >= 0.3 is 0 Å². The highest BCUT2D eigenvalue weighted by atomic mass is 16.4. The Balaban J connectivity index is 2.48. The van der Waals surface area contributed by atoms with Crippen LogP contribution >= 0.6 is 0 Å². The molecule has 0 aliphatic heterocycles. The number of hydrogen-bond acceptors (Lipinski definition) is 3. The van der Waals surface area contributed by atoms with Crippen LogP contribution < -0.4 is 0 Å². The quantitative estimate of drug-likeness (QED) is 0.504. The summed E-state index contributed by atoms with van der Waals surface area (Å²) in [4.78, 5) is 2.15. The first-order chi connectivity index (χ1) is 5.74. The fourth-order valence-electron chi connectivity index (χ4n) is 1.84. The number of rotatable bonds is 2. The van der Waals surface area contributed by atoms with E-state index in [1.165, 1.54) is 19.3 Å². The molecule has 0 aromatic rings. The molecule has 1 N–H and O–H groups in total. The van der Waals surface area contributed by atoms with Crippen LogP contribution in [-0.4, -0.2) is 36.5 Å². The minimum Gasteiger partial charge on any atom is -0.411 e. The highest BCUT2D eigenvalue weighted by Gasteiger charge is 2.21. The van der Waals surface area contributed by atoms with E-state index in [1.54, 1.807) is 0 Å². The standard InChI is InChI=1S/C9H18N2O/c1-11(2)7-8-5-3-4-6-9(8)10-12/h8,12H,3-7H2,1-2H3/b10-9-. The van der Waals surface area contributed by atoms with Crippen molar-refractivity contribution in [3.8, 4) is 0 Å². The minimum absolute atomic E-state index is 0.485. The van der Waals surface area contributed by atoms with E-state index >= 15 is 0 Å². The predicted octanol–water partition coefficient (Wildman–Crippen LogP) is 1.57. The summed E-state index contributed by atoms with van der Waals surface area (Å²) < 4.78 is 0. The van der Waals surface area contributed by atoms with Gasteiger partial charge in [-0.2, -0.15) is 0 Å². The fraction of sp³-hybridized carbons (Fsp3) is 0.889. The second-order valence-electron chi connectivity index (χ2n) is 3.80. The second-order valence-corrected chi connectivity index (χ2v) is 3.80. The third-order valence-corrected chi connectivity index (χ3v) is 2.42. The lowest BCUT2D eigenvalue weighted by atomic mass is 9.87. The Kier molecular flexibility index (Phi) is 3.53. The fourth-order valence-corrected chi connectivity index (χ4v) is 1.84. The molecular weight excluding hydrogens is 152 g/mol. The summed E-state index contributed by atoms with van der Waals surface area (Å²) in [5.41, 5.74) is 0.995. The SMILES string of the molecule is CN(C)CC1CCCC/C1=N/O. The molecule has 0 aromatic carbocycles. The summed E-state index contributed by atoms with van der Waals surface area (Å²) in [6, 6.07) is 0. The molecule has 0 aromatic heterocycles. The van der Waals surface area contributed by atoms with E-state index in [1.807, 2.05) is 0 Å². The molecule has 1 aliphatic carbocycles. The zero-order valence-electron chi connectivity index (χ0n) is 7.95. The van der Waals surface area contributed by atoms with Crippen molar-refractivity contribution >= 4 is 5.71 Å². The Morgan fingerprint density at radius 3 is 2.83 bits per heavy atom. The van der Waals surface area contributed by atoms with E-state index in [0.717, 1.165) is 18.7 Å². The van der Waals surface area contributed by atoms with Crippen LogP contribution in [0.5, 0.6) is 0 Å². The maximum atomic E-state index is 8.74. The van der Waals surface area contributed by atoms with E-state index in [-0.39, 0.29) is 0 Å². The molecule has 70 valence electrons. The topological polar surface area (TPSA) is 35.8 Å². The Hall–Kier alpha value is -0.570. The van der Waals surface area contributed by atoms with Crippen molar-refractivity contribution in [1.82, 2.24) is 4.90 Å². The van der Waals surface area contributed by atoms with Gasteiger partial charge < -0.3 is 10.1 Å². The van der Waals surface area contributed by atoms with E-state index in [2.05, 4.69) is 24.2 Å². The van der Waals surface area contributed by atoms with Crippen molar-refractivity contribution < 1.29 is 5.21 Å². The van der Waals surface area contributed by atoms with Crippen LogP contribution in [0.1, 0.15) is 25.7 Å². The lowest BCUT2D eigenvalue weighted by Gasteiger charge is -2.25. The van der Waals surface area contributed by atoms with Crippen LogP contribution in [-0.2, 0) is 0 Å². The van der Waals surface area contributed by atoms with Crippen LogP contribution in [0, 0.1) is 5.92 Å². The van der Waals surface area contributed by atoms with Crippen LogP contribution in [0.3, 0.4) is 0 Å². The molecule has 1 rings (SSSR count). The molecule has 1 fully saturated rings. The first kappa shape index (κ1) is 9.52. The highest BCUT2D eigenvalue weighted by molar-refractivity contribution is 5.87. The van der Waals surface area contributed by atoms with Gasteiger partial charge in [0.15, 0.2) is 0 Å². The lowest BCUT2D eigenvalue weighted by molar-refractivity contribution is 0.295. The molecule has 0 radical (unpaired) electrons. The average molecular weight is 170 g/mol. The molecule has 0 amide bonds. The highest BCUT2D eigenvalue weighted by Crippen LogP contribution is 2.21. The van der Waals surface area contributed by atoms with Crippen molar-refractivity contribution in [1.29, 1.82) is 0 Å². The van der Waals surface area contributed by atoms with Crippen LogP contribution in [0.2, 0.25) is 0 Å². The molecule has 0 heterocycles. The summed E-state index contributed by atoms with van der Waals surface area (Å²) >= 11 is 0. The van der Waals surface area contributed by atoms with Crippen molar-refractivity contribution in [3.63, 3.8) is 0 Å². The van der Waals surface area contributed by atoms with Gasteiger partial charge in [-0.1, -0.05) is 11.6 Å². The molecule has 0 bridgehead atoms. The molecule has 12 heavy (non-hydrogen) atoms. The zero-order chi connectivity index (χ0) is 8.97. The molecule has 1 saturated carbocycles. The van der Waals surface area contributed by atoms with Crippen LogP contribution in [0.15, 0.2) is 5.16 Å². The van der Waals surface area contributed by atoms with E-state index in [9.17, 15) is 0 Å². The summed E-state index contributed by atoms with van der Waals surface area (Å²) in [7, 11) is 4.12. The number of hydrogen-bond donors (Lipinski definition) is 1. The summed E-state index contributed by atoms with van der Waals surface area (Å²) in [5, 5.41) is 12.1. The van der Waals surface area contributed by atoms with Crippen molar-refractivity contribution in [2.75, 3.05) is 20.6 Å².